The fourth-order valence-corrected chi connectivity index (χ4v) is 3.65. The molecule has 0 saturated carbocycles. The maximum Gasteiger partial charge on any atom is 0.340 e. The summed E-state index contributed by atoms with van der Waals surface area (Å²) >= 11 is 0. The van der Waals surface area contributed by atoms with Crippen LogP contribution in [0, 0.1) is 6.92 Å². The third kappa shape index (κ3) is 3.64. The molecule has 156 valence electrons. The van der Waals surface area contributed by atoms with Crippen molar-refractivity contribution in [1.29, 1.82) is 0 Å². The van der Waals surface area contributed by atoms with Gasteiger partial charge in [-0.3, -0.25) is 4.79 Å². The van der Waals surface area contributed by atoms with Gasteiger partial charge in [-0.15, -0.1) is 0 Å². The van der Waals surface area contributed by atoms with Crippen LogP contribution in [0.2, 0.25) is 0 Å². The van der Waals surface area contributed by atoms with Crippen molar-refractivity contribution < 1.29 is 33.3 Å². The summed E-state index contributed by atoms with van der Waals surface area (Å²) < 4.78 is 27.4. The number of ketones is 1. The highest BCUT2D eigenvalue weighted by Crippen LogP contribution is 2.39. The molecule has 2 aromatic carbocycles. The summed E-state index contributed by atoms with van der Waals surface area (Å²) in [5.74, 6) is 1.19. The lowest BCUT2D eigenvalue weighted by molar-refractivity contribution is -0.144. The molecule has 0 spiro atoms. The van der Waals surface area contributed by atoms with E-state index in [0.717, 1.165) is 6.42 Å². The van der Waals surface area contributed by atoms with E-state index in [-0.39, 0.29) is 11.5 Å². The van der Waals surface area contributed by atoms with Gasteiger partial charge in [-0.2, -0.15) is 0 Å². The molecule has 7 nitrogen and oxygen atoms in total. The van der Waals surface area contributed by atoms with Gasteiger partial charge in [-0.1, -0.05) is 12.1 Å². The van der Waals surface area contributed by atoms with Crippen LogP contribution in [-0.4, -0.2) is 38.7 Å². The van der Waals surface area contributed by atoms with E-state index in [9.17, 15) is 9.59 Å². The number of allylic oxidation sites excluding steroid dienone is 1. The Labute approximate surface area is 174 Å². The van der Waals surface area contributed by atoms with Crippen LogP contribution < -0.4 is 18.9 Å². The number of methoxy groups -OCH3 is 2. The van der Waals surface area contributed by atoms with Crippen molar-refractivity contribution >= 4 is 17.8 Å². The monoisotopic (exact) mass is 410 g/mol. The van der Waals surface area contributed by atoms with Gasteiger partial charge in [-0.05, 0) is 43.5 Å². The molecule has 2 aliphatic rings. The van der Waals surface area contributed by atoms with Gasteiger partial charge in [0.2, 0.25) is 5.78 Å². The molecular weight excluding hydrogens is 388 g/mol. The van der Waals surface area contributed by atoms with E-state index in [0.29, 0.717) is 52.7 Å². The number of aryl methyl sites for hydroxylation is 1. The number of carbonyl (C=O) groups excluding carboxylic acids is 2. The number of hydrogen-bond acceptors (Lipinski definition) is 7. The molecule has 1 atom stereocenters. The second kappa shape index (κ2) is 8.20. The predicted molar refractivity (Wildman–Crippen MR) is 108 cm³/mol. The molecular formula is C23H22O7. The SMILES string of the molecule is COc1cccc(/C=C2\Oc3cc(OC(=O)C4CCCO4)cc(C)c3C2=O)c1OC. The molecule has 7 heteroatoms. The first-order valence-electron chi connectivity index (χ1n) is 9.65. The van der Waals surface area contributed by atoms with Crippen LogP contribution in [0.1, 0.15) is 34.3 Å². The number of hydrogen-bond donors (Lipinski definition) is 0. The van der Waals surface area contributed by atoms with Crippen molar-refractivity contribution in [3.05, 3.63) is 52.8 Å². The summed E-state index contributed by atoms with van der Waals surface area (Å²) in [4.78, 5) is 25.2. The molecule has 30 heavy (non-hydrogen) atoms. The van der Waals surface area contributed by atoms with Crippen molar-refractivity contribution in [2.75, 3.05) is 20.8 Å². The molecule has 1 saturated heterocycles. The van der Waals surface area contributed by atoms with Crippen LogP contribution in [0.15, 0.2) is 36.1 Å². The van der Waals surface area contributed by atoms with Crippen LogP contribution >= 0.6 is 0 Å². The molecule has 0 N–H and O–H groups in total. The molecule has 0 aromatic heterocycles. The third-order valence-electron chi connectivity index (χ3n) is 5.07. The number of esters is 1. The van der Waals surface area contributed by atoms with E-state index in [1.165, 1.54) is 7.11 Å². The molecule has 4 rings (SSSR count). The lowest BCUT2D eigenvalue weighted by Gasteiger charge is -2.11. The number of Topliss-reactive ketones (excluding diaryl/α,β-unsaturated/α-hetero) is 1. The van der Waals surface area contributed by atoms with E-state index < -0.39 is 12.1 Å². The highest BCUT2D eigenvalue weighted by molar-refractivity contribution is 6.15. The Balaban J connectivity index is 1.62. The molecule has 2 aliphatic heterocycles. The second-order valence-electron chi connectivity index (χ2n) is 7.06. The Kier molecular flexibility index (Phi) is 5.46. The van der Waals surface area contributed by atoms with Crippen molar-refractivity contribution in [1.82, 2.24) is 0 Å². The van der Waals surface area contributed by atoms with Crippen molar-refractivity contribution in [2.24, 2.45) is 0 Å². The fraction of sp³-hybridized carbons (Fsp3) is 0.304. The molecule has 2 aromatic rings. The van der Waals surface area contributed by atoms with Crippen LogP contribution in [0.5, 0.6) is 23.0 Å². The molecule has 0 amide bonds. The summed E-state index contributed by atoms with van der Waals surface area (Å²) in [6, 6.07) is 8.58. The summed E-state index contributed by atoms with van der Waals surface area (Å²) in [6.07, 6.45) is 2.55. The standard InChI is InChI=1S/C23H22O7/c1-13-10-15(29-23(25)17-8-5-9-28-17)12-18-20(13)21(24)19(30-18)11-14-6-4-7-16(26-2)22(14)27-3/h4,6-7,10-12,17H,5,8-9H2,1-3H3/b19-11-. The predicted octanol–water partition coefficient (Wildman–Crippen LogP) is 3.71. The van der Waals surface area contributed by atoms with Gasteiger partial charge in [0.15, 0.2) is 23.4 Å². The number of fused-ring (bicyclic) bond motifs is 1. The van der Waals surface area contributed by atoms with Gasteiger partial charge >= 0.3 is 5.97 Å². The Hall–Kier alpha value is -3.32. The first-order valence-corrected chi connectivity index (χ1v) is 9.65. The number of carbonyl (C=O) groups is 2. The van der Waals surface area contributed by atoms with Crippen molar-refractivity contribution in [3.8, 4) is 23.0 Å². The molecule has 1 unspecified atom stereocenters. The molecule has 1 fully saturated rings. The first-order chi connectivity index (χ1) is 14.5. The maximum absolute atomic E-state index is 12.9. The zero-order chi connectivity index (χ0) is 21.3. The summed E-state index contributed by atoms with van der Waals surface area (Å²) in [5, 5.41) is 0. The maximum atomic E-state index is 12.9. The second-order valence-corrected chi connectivity index (χ2v) is 7.06. The van der Waals surface area contributed by atoms with E-state index in [4.69, 9.17) is 23.7 Å². The number of para-hydroxylation sites is 1. The quantitative estimate of drug-likeness (QED) is 0.422. The Morgan fingerprint density at radius 3 is 2.73 bits per heavy atom. The Morgan fingerprint density at radius 2 is 2.03 bits per heavy atom. The average molecular weight is 410 g/mol. The lowest BCUT2D eigenvalue weighted by Crippen LogP contribution is -2.24. The van der Waals surface area contributed by atoms with Gasteiger partial charge in [0, 0.05) is 18.2 Å². The van der Waals surface area contributed by atoms with Crippen LogP contribution in [0.25, 0.3) is 6.08 Å². The summed E-state index contributed by atoms with van der Waals surface area (Å²) in [5.41, 5.74) is 1.75. The van der Waals surface area contributed by atoms with Gasteiger partial charge in [0.05, 0.1) is 19.8 Å². The summed E-state index contributed by atoms with van der Waals surface area (Å²) in [6.45, 7) is 2.33. The van der Waals surface area contributed by atoms with E-state index in [1.807, 2.05) is 0 Å². The number of rotatable bonds is 5. The van der Waals surface area contributed by atoms with E-state index in [1.54, 1.807) is 50.4 Å². The normalized spacial score (nSPS) is 18.8. The van der Waals surface area contributed by atoms with Crippen molar-refractivity contribution in [2.45, 2.75) is 25.9 Å². The topological polar surface area (TPSA) is 80.3 Å². The Bertz CT molecular complexity index is 1030. The van der Waals surface area contributed by atoms with Gasteiger partial charge < -0.3 is 23.7 Å². The highest BCUT2D eigenvalue weighted by Gasteiger charge is 2.32. The zero-order valence-corrected chi connectivity index (χ0v) is 17.0. The first kappa shape index (κ1) is 20.0. The van der Waals surface area contributed by atoms with E-state index >= 15 is 0 Å². The lowest BCUT2D eigenvalue weighted by atomic mass is 10.0. The minimum atomic E-state index is -0.544. The molecule has 0 aliphatic carbocycles. The van der Waals surface area contributed by atoms with Gasteiger partial charge in [0.25, 0.3) is 0 Å². The van der Waals surface area contributed by atoms with Gasteiger partial charge in [0.1, 0.15) is 11.5 Å². The Morgan fingerprint density at radius 1 is 1.20 bits per heavy atom. The van der Waals surface area contributed by atoms with Crippen LogP contribution in [-0.2, 0) is 9.53 Å². The highest BCUT2D eigenvalue weighted by atomic mass is 16.6. The fourth-order valence-electron chi connectivity index (χ4n) is 3.65. The zero-order valence-electron chi connectivity index (χ0n) is 17.0. The number of ether oxygens (including phenoxy) is 5. The smallest absolute Gasteiger partial charge is 0.340 e. The van der Waals surface area contributed by atoms with Crippen molar-refractivity contribution in [3.63, 3.8) is 0 Å². The minimum absolute atomic E-state index is 0.155. The summed E-state index contributed by atoms with van der Waals surface area (Å²) in [7, 11) is 3.08. The molecule has 0 bridgehead atoms. The van der Waals surface area contributed by atoms with Crippen LogP contribution in [0.4, 0.5) is 0 Å². The van der Waals surface area contributed by atoms with E-state index in [2.05, 4.69) is 0 Å². The molecule has 0 radical (unpaired) electrons. The number of benzene rings is 2. The van der Waals surface area contributed by atoms with Gasteiger partial charge in [-0.25, -0.2) is 4.79 Å². The molecule has 2 heterocycles. The third-order valence-corrected chi connectivity index (χ3v) is 5.07. The van der Waals surface area contributed by atoms with Crippen LogP contribution in [0.3, 0.4) is 0 Å². The largest absolute Gasteiger partial charge is 0.493 e. The minimum Gasteiger partial charge on any atom is -0.493 e. The average Bonchev–Trinajstić information content (AvgIpc) is 3.37.